The fraction of sp³-hybridized carbons (Fsp3) is 0. The summed E-state index contributed by atoms with van der Waals surface area (Å²) in [6.07, 6.45) is 0. The summed E-state index contributed by atoms with van der Waals surface area (Å²) in [5.74, 6) is -0.321. The van der Waals surface area contributed by atoms with Gasteiger partial charge in [-0.3, -0.25) is 4.72 Å². The number of hydrogen-bond acceptors (Lipinski definition) is 2. The van der Waals surface area contributed by atoms with Gasteiger partial charge in [0.2, 0.25) is 0 Å². The molecule has 0 aliphatic heterocycles. The third-order valence-corrected chi connectivity index (χ3v) is 5.07. The SMILES string of the molecule is O=S(=O)(Nc1cccc(-c2ccc(F)cc2)c1)c1ccc(Cl)cc1. The Morgan fingerprint density at radius 1 is 0.833 bits per heavy atom. The lowest BCUT2D eigenvalue weighted by Crippen LogP contribution is -2.12. The quantitative estimate of drug-likeness (QED) is 0.714. The van der Waals surface area contributed by atoms with Gasteiger partial charge in [0.1, 0.15) is 5.82 Å². The standard InChI is InChI=1S/C18H13ClFNO2S/c19-15-6-10-18(11-7-15)24(22,23)21-17-3-1-2-14(12-17)13-4-8-16(20)9-5-13/h1-12,21H. The zero-order chi connectivity index (χ0) is 17.2. The Labute approximate surface area is 144 Å². The van der Waals surface area contributed by atoms with Crippen molar-refractivity contribution in [1.29, 1.82) is 0 Å². The van der Waals surface area contributed by atoms with Gasteiger partial charge in [-0.25, -0.2) is 12.8 Å². The van der Waals surface area contributed by atoms with E-state index in [0.717, 1.165) is 11.1 Å². The predicted molar refractivity (Wildman–Crippen MR) is 94.1 cm³/mol. The van der Waals surface area contributed by atoms with E-state index in [-0.39, 0.29) is 10.7 Å². The molecule has 0 atom stereocenters. The summed E-state index contributed by atoms with van der Waals surface area (Å²) >= 11 is 5.78. The minimum atomic E-state index is -3.70. The predicted octanol–water partition coefficient (Wildman–Crippen LogP) is 4.95. The van der Waals surface area contributed by atoms with Crippen molar-refractivity contribution >= 4 is 27.3 Å². The summed E-state index contributed by atoms with van der Waals surface area (Å²) in [5.41, 5.74) is 2.00. The molecule has 0 aliphatic carbocycles. The second kappa shape index (κ2) is 6.63. The van der Waals surface area contributed by atoms with Crippen molar-refractivity contribution < 1.29 is 12.8 Å². The summed E-state index contributed by atoms with van der Waals surface area (Å²) in [7, 11) is -3.70. The van der Waals surface area contributed by atoms with Crippen LogP contribution >= 0.6 is 11.6 Å². The van der Waals surface area contributed by atoms with Crippen LogP contribution in [-0.2, 0) is 10.0 Å². The molecule has 3 nitrogen and oxygen atoms in total. The zero-order valence-corrected chi connectivity index (χ0v) is 14.0. The Bertz CT molecular complexity index is 955. The van der Waals surface area contributed by atoms with Gasteiger partial charge in [0.15, 0.2) is 0 Å². The van der Waals surface area contributed by atoms with E-state index in [1.165, 1.54) is 36.4 Å². The second-order valence-corrected chi connectivity index (χ2v) is 7.27. The van der Waals surface area contributed by atoms with E-state index in [0.29, 0.717) is 10.7 Å². The molecule has 122 valence electrons. The van der Waals surface area contributed by atoms with E-state index >= 15 is 0 Å². The van der Waals surface area contributed by atoms with E-state index in [1.54, 1.807) is 30.3 Å². The van der Waals surface area contributed by atoms with Crippen molar-refractivity contribution in [2.75, 3.05) is 4.72 Å². The van der Waals surface area contributed by atoms with E-state index < -0.39 is 10.0 Å². The van der Waals surface area contributed by atoms with E-state index in [4.69, 9.17) is 11.6 Å². The molecule has 0 unspecified atom stereocenters. The molecule has 0 spiro atoms. The molecular formula is C18H13ClFNO2S. The normalized spacial score (nSPS) is 11.2. The highest BCUT2D eigenvalue weighted by Gasteiger charge is 2.14. The average molecular weight is 362 g/mol. The van der Waals surface area contributed by atoms with Gasteiger partial charge in [-0.05, 0) is 59.7 Å². The van der Waals surface area contributed by atoms with Crippen LogP contribution in [0.3, 0.4) is 0 Å². The van der Waals surface area contributed by atoms with Gasteiger partial charge in [0.05, 0.1) is 4.90 Å². The molecule has 3 rings (SSSR count). The van der Waals surface area contributed by atoms with Gasteiger partial charge in [-0.15, -0.1) is 0 Å². The number of nitrogens with one attached hydrogen (secondary N) is 1. The van der Waals surface area contributed by atoms with Gasteiger partial charge in [-0.2, -0.15) is 0 Å². The fourth-order valence-electron chi connectivity index (χ4n) is 2.23. The molecule has 6 heteroatoms. The summed E-state index contributed by atoms with van der Waals surface area (Å²) in [6.45, 7) is 0. The number of rotatable bonds is 4. The highest BCUT2D eigenvalue weighted by molar-refractivity contribution is 7.92. The van der Waals surface area contributed by atoms with Crippen molar-refractivity contribution in [1.82, 2.24) is 0 Å². The third kappa shape index (κ3) is 3.75. The number of anilines is 1. The van der Waals surface area contributed by atoms with Crippen LogP contribution in [0.1, 0.15) is 0 Å². The van der Waals surface area contributed by atoms with Gasteiger partial charge >= 0.3 is 0 Å². The van der Waals surface area contributed by atoms with Crippen molar-refractivity contribution in [3.63, 3.8) is 0 Å². The van der Waals surface area contributed by atoms with E-state index in [9.17, 15) is 12.8 Å². The minimum Gasteiger partial charge on any atom is -0.280 e. The minimum absolute atomic E-state index is 0.124. The molecule has 0 fully saturated rings. The highest BCUT2D eigenvalue weighted by Crippen LogP contribution is 2.25. The first kappa shape index (κ1) is 16.5. The molecule has 3 aromatic rings. The monoisotopic (exact) mass is 361 g/mol. The summed E-state index contributed by atoms with van der Waals surface area (Å²) in [6, 6.07) is 18.8. The van der Waals surface area contributed by atoms with Crippen LogP contribution in [-0.4, -0.2) is 8.42 Å². The van der Waals surface area contributed by atoms with Gasteiger partial charge in [-0.1, -0.05) is 35.9 Å². The summed E-state index contributed by atoms with van der Waals surface area (Å²) < 4.78 is 40.4. The maximum absolute atomic E-state index is 13.0. The van der Waals surface area contributed by atoms with Crippen LogP contribution in [0.25, 0.3) is 11.1 Å². The number of benzene rings is 3. The first-order valence-electron chi connectivity index (χ1n) is 7.08. The van der Waals surface area contributed by atoms with Gasteiger partial charge < -0.3 is 0 Å². The molecule has 0 radical (unpaired) electrons. The lowest BCUT2D eigenvalue weighted by atomic mass is 10.1. The summed E-state index contributed by atoms with van der Waals surface area (Å²) in [5, 5.41) is 0.465. The molecule has 0 aliphatic rings. The number of hydrogen-bond donors (Lipinski definition) is 1. The van der Waals surface area contributed by atoms with Crippen LogP contribution in [0.5, 0.6) is 0 Å². The molecule has 0 saturated heterocycles. The summed E-state index contributed by atoms with van der Waals surface area (Å²) in [4.78, 5) is 0.124. The van der Waals surface area contributed by atoms with E-state index in [1.807, 2.05) is 6.07 Å². The van der Waals surface area contributed by atoms with Crippen LogP contribution in [0.15, 0.2) is 77.7 Å². The van der Waals surface area contributed by atoms with Gasteiger partial charge in [0.25, 0.3) is 10.0 Å². The molecule has 3 aromatic carbocycles. The molecule has 0 aromatic heterocycles. The third-order valence-electron chi connectivity index (χ3n) is 3.42. The lowest BCUT2D eigenvalue weighted by Gasteiger charge is -2.10. The topological polar surface area (TPSA) is 46.2 Å². The maximum Gasteiger partial charge on any atom is 0.261 e. The fourth-order valence-corrected chi connectivity index (χ4v) is 3.41. The Hall–Kier alpha value is -2.37. The largest absolute Gasteiger partial charge is 0.280 e. The van der Waals surface area contributed by atoms with E-state index in [2.05, 4.69) is 4.72 Å². The smallest absolute Gasteiger partial charge is 0.261 e. The van der Waals surface area contributed by atoms with Crippen molar-refractivity contribution in [3.8, 4) is 11.1 Å². The van der Waals surface area contributed by atoms with Crippen molar-refractivity contribution in [3.05, 3.63) is 83.6 Å². The Morgan fingerprint density at radius 2 is 1.50 bits per heavy atom. The molecular weight excluding hydrogens is 349 g/mol. The van der Waals surface area contributed by atoms with Crippen molar-refractivity contribution in [2.45, 2.75) is 4.90 Å². The zero-order valence-electron chi connectivity index (χ0n) is 12.4. The first-order valence-corrected chi connectivity index (χ1v) is 8.94. The molecule has 0 bridgehead atoms. The molecule has 0 saturated carbocycles. The molecule has 24 heavy (non-hydrogen) atoms. The van der Waals surface area contributed by atoms with Gasteiger partial charge in [0, 0.05) is 10.7 Å². The molecule has 0 heterocycles. The number of halogens is 2. The van der Waals surface area contributed by atoms with Crippen molar-refractivity contribution in [2.24, 2.45) is 0 Å². The number of sulfonamides is 1. The first-order chi connectivity index (χ1) is 11.4. The van der Waals surface area contributed by atoms with Crippen LogP contribution in [0.2, 0.25) is 5.02 Å². The second-order valence-electron chi connectivity index (χ2n) is 5.15. The van der Waals surface area contributed by atoms with Crippen LogP contribution in [0.4, 0.5) is 10.1 Å². The van der Waals surface area contributed by atoms with Crippen LogP contribution in [0, 0.1) is 5.82 Å². The maximum atomic E-state index is 13.0. The Balaban J connectivity index is 1.89. The Kier molecular flexibility index (Phi) is 4.55. The molecule has 0 amide bonds. The lowest BCUT2D eigenvalue weighted by molar-refractivity contribution is 0.601. The Morgan fingerprint density at radius 3 is 2.17 bits per heavy atom. The van der Waals surface area contributed by atoms with Crippen LogP contribution < -0.4 is 4.72 Å². The average Bonchev–Trinajstić information content (AvgIpc) is 2.56. The molecule has 1 N–H and O–H groups in total. The highest BCUT2D eigenvalue weighted by atomic mass is 35.5.